The summed E-state index contributed by atoms with van der Waals surface area (Å²) in [7, 11) is 1.73. The van der Waals surface area contributed by atoms with Gasteiger partial charge >= 0.3 is 0 Å². The fourth-order valence-corrected chi connectivity index (χ4v) is 2.10. The van der Waals surface area contributed by atoms with Crippen molar-refractivity contribution in [1.29, 1.82) is 0 Å². The van der Waals surface area contributed by atoms with Gasteiger partial charge in [0.15, 0.2) is 0 Å². The van der Waals surface area contributed by atoms with Crippen molar-refractivity contribution in [2.24, 2.45) is 0 Å². The molecule has 1 N–H and O–H groups in total. The third-order valence-electron chi connectivity index (χ3n) is 2.77. The lowest BCUT2D eigenvalue weighted by Crippen LogP contribution is -2.14. The van der Waals surface area contributed by atoms with E-state index in [9.17, 15) is 0 Å². The molecule has 0 bridgehead atoms. The molecular weight excluding hydrogens is 306 g/mol. The molecule has 0 heterocycles. The number of unbranched alkanes of at least 4 members (excludes halogenated alkanes) is 1. The summed E-state index contributed by atoms with van der Waals surface area (Å²) in [5.74, 6) is 0.939. The quantitative estimate of drug-likeness (QED) is 0.663. The molecule has 1 aromatic carbocycles. The third-order valence-corrected chi connectivity index (χ3v) is 3.54. The lowest BCUT2D eigenvalue weighted by atomic mass is 10.2. The van der Waals surface area contributed by atoms with Crippen LogP contribution in [0.4, 0.5) is 0 Å². The molecule has 0 atom stereocenters. The van der Waals surface area contributed by atoms with Crippen LogP contribution in [0.25, 0.3) is 0 Å². The van der Waals surface area contributed by atoms with Crippen LogP contribution in [-0.2, 0) is 11.3 Å². The number of hydrogen-bond donors (Lipinski definition) is 1. The monoisotopic (exact) mass is 329 g/mol. The maximum absolute atomic E-state index is 5.75. The number of methoxy groups -OCH3 is 1. The molecule has 0 saturated carbocycles. The van der Waals surface area contributed by atoms with Crippen molar-refractivity contribution in [3.63, 3.8) is 0 Å². The van der Waals surface area contributed by atoms with E-state index in [1.807, 2.05) is 12.1 Å². The van der Waals surface area contributed by atoms with E-state index in [2.05, 4.69) is 34.2 Å². The van der Waals surface area contributed by atoms with Crippen LogP contribution >= 0.6 is 15.9 Å². The minimum absolute atomic E-state index is 0.743. The van der Waals surface area contributed by atoms with Crippen molar-refractivity contribution in [3.8, 4) is 5.75 Å². The van der Waals surface area contributed by atoms with Crippen molar-refractivity contribution in [1.82, 2.24) is 5.32 Å². The van der Waals surface area contributed by atoms with Crippen molar-refractivity contribution in [2.75, 3.05) is 26.9 Å². The Labute approximate surface area is 124 Å². The highest BCUT2D eigenvalue weighted by Gasteiger charge is 2.02. The summed E-state index contributed by atoms with van der Waals surface area (Å²) >= 11 is 3.57. The molecule has 0 spiro atoms. The minimum Gasteiger partial charge on any atom is -0.494 e. The first-order chi connectivity index (χ1) is 9.27. The average molecular weight is 330 g/mol. The Morgan fingerprint density at radius 2 is 2.00 bits per heavy atom. The number of rotatable bonds is 10. The van der Waals surface area contributed by atoms with Gasteiger partial charge in [0.05, 0.1) is 6.61 Å². The van der Waals surface area contributed by atoms with E-state index in [1.165, 1.54) is 5.56 Å². The van der Waals surface area contributed by atoms with Crippen LogP contribution in [0.2, 0.25) is 0 Å². The molecule has 108 valence electrons. The molecule has 1 rings (SSSR count). The second-order valence-corrected chi connectivity index (χ2v) is 5.33. The average Bonchev–Trinajstić information content (AvgIpc) is 2.42. The second kappa shape index (κ2) is 10.2. The van der Waals surface area contributed by atoms with Gasteiger partial charge in [-0.15, -0.1) is 0 Å². The van der Waals surface area contributed by atoms with Gasteiger partial charge in [0.2, 0.25) is 0 Å². The highest BCUT2D eigenvalue weighted by Crippen LogP contribution is 2.22. The Hall–Kier alpha value is -0.580. The normalized spacial score (nSPS) is 10.7. The van der Waals surface area contributed by atoms with Crippen LogP contribution in [0.15, 0.2) is 22.7 Å². The number of hydrogen-bond acceptors (Lipinski definition) is 3. The predicted molar refractivity (Wildman–Crippen MR) is 82.7 cm³/mol. The van der Waals surface area contributed by atoms with Crippen LogP contribution < -0.4 is 10.1 Å². The van der Waals surface area contributed by atoms with Crippen molar-refractivity contribution in [2.45, 2.75) is 32.7 Å². The van der Waals surface area contributed by atoms with Gasteiger partial charge in [-0.05, 0) is 49.6 Å². The molecule has 3 nitrogen and oxygen atoms in total. The van der Waals surface area contributed by atoms with Gasteiger partial charge in [0, 0.05) is 24.7 Å². The van der Waals surface area contributed by atoms with Crippen molar-refractivity contribution >= 4 is 15.9 Å². The molecule has 1 aromatic rings. The van der Waals surface area contributed by atoms with Crippen LogP contribution in [0, 0.1) is 0 Å². The Kier molecular flexibility index (Phi) is 8.88. The van der Waals surface area contributed by atoms with Gasteiger partial charge in [-0.25, -0.2) is 0 Å². The molecular formula is C15H24BrNO2. The zero-order valence-corrected chi connectivity index (χ0v) is 13.5. The first-order valence-electron chi connectivity index (χ1n) is 6.88. The summed E-state index contributed by atoms with van der Waals surface area (Å²) in [6.45, 7) is 5.62. The van der Waals surface area contributed by atoms with Crippen molar-refractivity contribution in [3.05, 3.63) is 28.2 Å². The molecule has 0 fully saturated rings. The summed E-state index contributed by atoms with van der Waals surface area (Å²) in [5, 5.41) is 3.40. The lowest BCUT2D eigenvalue weighted by Gasteiger charge is -2.10. The van der Waals surface area contributed by atoms with Crippen LogP contribution in [-0.4, -0.2) is 26.9 Å². The SMILES string of the molecule is CCCNCc1cc(OCCCCOC)ccc1Br. The van der Waals surface area contributed by atoms with E-state index in [0.717, 1.165) is 55.8 Å². The van der Waals surface area contributed by atoms with E-state index in [-0.39, 0.29) is 0 Å². The summed E-state index contributed by atoms with van der Waals surface area (Å²) in [6, 6.07) is 6.15. The Balaban J connectivity index is 2.39. The maximum atomic E-state index is 5.75. The van der Waals surface area contributed by atoms with Crippen molar-refractivity contribution < 1.29 is 9.47 Å². The summed E-state index contributed by atoms with van der Waals surface area (Å²) < 4.78 is 11.9. The smallest absolute Gasteiger partial charge is 0.119 e. The van der Waals surface area contributed by atoms with E-state index in [0.29, 0.717) is 0 Å². The predicted octanol–water partition coefficient (Wildman–Crippen LogP) is 3.75. The molecule has 0 aliphatic carbocycles. The maximum Gasteiger partial charge on any atom is 0.119 e. The fraction of sp³-hybridized carbons (Fsp3) is 0.600. The number of nitrogens with one attached hydrogen (secondary N) is 1. The summed E-state index contributed by atoms with van der Waals surface area (Å²) in [6.07, 6.45) is 3.21. The van der Waals surface area contributed by atoms with Gasteiger partial charge in [-0.3, -0.25) is 0 Å². The second-order valence-electron chi connectivity index (χ2n) is 4.48. The van der Waals surface area contributed by atoms with E-state index < -0.39 is 0 Å². The number of ether oxygens (including phenoxy) is 2. The van der Waals surface area contributed by atoms with Crippen LogP contribution in [0.1, 0.15) is 31.7 Å². The number of benzene rings is 1. The summed E-state index contributed by atoms with van der Waals surface area (Å²) in [5.41, 5.74) is 1.24. The Morgan fingerprint density at radius 3 is 2.74 bits per heavy atom. The van der Waals surface area contributed by atoms with Gasteiger partial charge in [0.1, 0.15) is 5.75 Å². The van der Waals surface area contributed by atoms with Gasteiger partial charge in [0.25, 0.3) is 0 Å². The van der Waals surface area contributed by atoms with Gasteiger partial charge < -0.3 is 14.8 Å². The molecule has 0 aliphatic rings. The van der Waals surface area contributed by atoms with E-state index >= 15 is 0 Å². The molecule has 0 saturated heterocycles. The Morgan fingerprint density at radius 1 is 1.21 bits per heavy atom. The highest BCUT2D eigenvalue weighted by molar-refractivity contribution is 9.10. The van der Waals surface area contributed by atoms with Crippen LogP contribution in [0.5, 0.6) is 5.75 Å². The molecule has 0 amide bonds. The van der Waals surface area contributed by atoms with Crippen LogP contribution in [0.3, 0.4) is 0 Å². The largest absolute Gasteiger partial charge is 0.494 e. The zero-order valence-electron chi connectivity index (χ0n) is 11.9. The standard InChI is InChI=1S/C15H24BrNO2/c1-3-8-17-12-13-11-14(6-7-15(13)16)19-10-5-4-9-18-2/h6-7,11,17H,3-5,8-10,12H2,1-2H3. The molecule has 19 heavy (non-hydrogen) atoms. The minimum atomic E-state index is 0.743. The molecule has 0 aromatic heterocycles. The first-order valence-corrected chi connectivity index (χ1v) is 7.68. The molecule has 0 radical (unpaired) electrons. The van der Waals surface area contributed by atoms with Gasteiger partial charge in [-0.2, -0.15) is 0 Å². The number of halogens is 1. The van der Waals surface area contributed by atoms with E-state index in [1.54, 1.807) is 7.11 Å². The highest BCUT2D eigenvalue weighted by atomic mass is 79.9. The van der Waals surface area contributed by atoms with E-state index in [4.69, 9.17) is 9.47 Å². The Bertz CT molecular complexity index is 358. The molecule has 0 aliphatic heterocycles. The fourth-order valence-electron chi connectivity index (χ4n) is 1.71. The topological polar surface area (TPSA) is 30.5 Å². The summed E-state index contributed by atoms with van der Waals surface area (Å²) in [4.78, 5) is 0. The molecule has 4 heteroatoms. The lowest BCUT2D eigenvalue weighted by molar-refractivity contribution is 0.184. The molecule has 0 unspecified atom stereocenters. The zero-order chi connectivity index (χ0) is 13.9. The van der Waals surface area contributed by atoms with Gasteiger partial charge in [-0.1, -0.05) is 22.9 Å². The first kappa shape index (κ1) is 16.5. The third kappa shape index (κ3) is 6.95.